The summed E-state index contributed by atoms with van der Waals surface area (Å²) in [5, 5.41) is 0. The molecule has 0 saturated heterocycles. The number of rotatable bonds is 6. The second-order valence-corrected chi connectivity index (χ2v) is 5.06. The number of benzene rings is 1. The number of hydrogen-bond acceptors (Lipinski definition) is 6. The molecule has 0 saturated carbocycles. The summed E-state index contributed by atoms with van der Waals surface area (Å²) >= 11 is 0. The van der Waals surface area contributed by atoms with Gasteiger partial charge in [-0.15, -0.1) is 0 Å². The minimum atomic E-state index is -0.518. The lowest BCUT2D eigenvalue weighted by atomic mass is 9.88. The molecule has 0 N–H and O–H groups in total. The molecule has 1 aromatic carbocycles. The normalized spacial score (nSPS) is 20.1. The van der Waals surface area contributed by atoms with Crippen molar-refractivity contribution in [2.24, 2.45) is 0 Å². The first kappa shape index (κ1) is 16.5. The summed E-state index contributed by atoms with van der Waals surface area (Å²) in [6.45, 7) is 3.36. The van der Waals surface area contributed by atoms with Crippen LogP contribution in [-0.2, 0) is 42.0 Å². The fourth-order valence-electron chi connectivity index (χ4n) is 2.19. The Labute approximate surface area is 129 Å². The molecule has 120 valence electrons. The molecule has 0 radical (unpaired) electrons. The Kier molecular flexibility index (Phi) is 5.91. The van der Waals surface area contributed by atoms with Gasteiger partial charge in [0.05, 0.1) is 0 Å². The molecule has 1 aromatic rings. The lowest BCUT2D eigenvalue weighted by molar-refractivity contribution is -0.361. The van der Waals surface area contributed by atoms with Gasteiger partial charge in [-0.1, -0.05) is 38.1 Å². The van der Waals surface area contributed by atoms with Gasteiger partial charge in [-0.2, -0.15) is 9.78 Å². The van der Waals surface area contributed by atoms with Crippen LogP contribution in [0.1, 0.15) is 37.8 Å². The van der Waals surface area contributed by atoms with E-state index in [-0.39, 0.29) is 12.8 Å². The molecule has 2 unspecified atom stereocenters. The van der Waals surface area contributed by atoms with Crippen molar-refractivity contribution in [2.45, 2.75) is 51.7 Å². The largest absolute Gasteiger partial charge is 0.342 e. The topological polar surface area (TPSA) is 71.1 Å². The zero-order chi connectivity index (χ0) is 15.9. The van der Waals surface area contributed by atoms with Crippen molar-refractivity contribution in [3.05, 3.63) is 35.4 Å². The van der Waals surface area contributed by atoms with Crippen LogP contribution in [0.15, 0.2) is 24.3 Å². The summed E-state index contributed by atoms with van der Waals surface area (Å²) in [6, 6.07) is 7.85. The Morgan fingerprint density at radius 3 is 1.68 bits per heavy atom. The molecular formula is C16H20O6. The predicted octanol–water partition coefficient (Wildman–Crippen LogP) is 2.29. The SMILES string of the molecule is CCC(=O)OOC1Cc2ccccc2CC1OOC(=O)CC. The first-order valence-electron chi connectivity index (χ1n) is 7.43. The van der Waals surface area contributed by atoms with E-state index in [0.717, 1.165) is 11.1 Å². The van der Waals surface area contributed by atoms with Crippen molar-refractivity contribution < 1.29 is 29.1 Å². The van der Waals surface area contributed by atoms with Crippen LogP contribution in [0.5, 0.6) is 0 Å². The molecule has 0 heterocycles. The highest BCUT2D eigenvalue weighted by Crippen LogP contribution is 2.26. The molecular weight excluding hydrogens is 288 g/mol. The summed E-state index contributed by atoms with van der Waals surface area (Å²) in [7, 11) is 0. The molecule has 6 nitrogen and oxygen atoms in total. The van der Waals surface area contributed by atoms with Crippen LogP contribution >= 0.6 is 0 Å². The van der Waals surface area contributed by atoms with E-state index >= 15 is 0 Å². The number of hydrogen-bond donors (Lipinski definition) is 0. The van der Waals surface area contributed by atoms with Gasteiger partial charge in [0.1, 0.15) is 12.2 Å². The van der Waals surface area contributed by atoms with E-state index in [9.17, 15) is 9.59 Å². The lowest BCUT2D eigenvalue weighted by Crippen LogP contribution is -2.40. The summed E-state index contributed by atoms with van der Waals surface area (Å²) in [5.41, 5.74) is 2.20. The van der Waals surface area contributed by atoms with Crippen LogP contribution in [0.25, 0.3) is 0 Å². The van der Waals surface area contributed by atoms with E-state index in [0.29, 0.717) is 12.8 Å². The van der Waals surface area contributed by atoms with Crippen LogP contribution < -0.4 is 0 Å². The van der Waals surface area contributed by atoms with Crippen molar-refractivity contribution in [1.82, 2.24) is 0 Å². The third-order valence-corrected chi connectivity index (χ3v) is 3.48. The maximum Gasteiger partial charge on any atom is 0.342 e. The first-order chi connectivity index (χ1) is 10.6. The van der Waals surface area contributed by atoms with Crippen LogP contribution in [-0.4, -0.2) is 24.1 Å². The fourth-order valence-corrected chi connectivity index (χ4v) is 2.19. The Morgan fingerprint density at radius 1 is 0.909 bits per heavy atom. The maximum atomic E-state index is 11.2. The van der Waals surface area contributed by atoms with E-state index in [4.69, 9.17) is 19.6 Å². The first-order valence-corrected chi connectivity index (χ1v) is 7.43. The number of fused-ring (bicyclic) bond motifs is 1. The highest BCUT2D eigenvalue weighted by Gasteiger charge is 2.33. The lowest BCUT2D eigenvalue weighted by Gasteiger charge is -2.29. The third-order valence-electron chi connectivity index (χ3n) is 3.48. The van der Waals surface area contributed by atoms with Crippen molar-refractivity contribution in [3.8, 4) is 0 Å². The molecule has 2 atom stereocenters. The van der Waals surface area contributed by atoms with Gasteiger partial charge in [0.25, 0.3) is 0 Å². The summed E-state index contributed by atoms with van der Waals surface area (Å²) in [5.74, 6) is -0.911. The second-order valence-electron chi connectivity index (χ2n) is 5.06. The van der Waals surface area contributed by atoms with Gasteiger partial charge in [-0.3, -0.25) is 9.78 Å². The number of carbonyl (C=O) groups is 2. The monoisotopic (exact) mass is 308 g/mol. The van der Waals surface area contributed by atoms with Crippen molar-refractivity contribution in [3.63, 3.8) is 0 Å². The Balaban J connectivity index is 2.04. The Morgan fingerprint density at radius 2 is 1.32 bits per heavy atom. The quantitative estimate of drug-likeness (QED) is 0.593. The van der Waals surface area contributed by atoms with E-state index in [1.165, 1.54) is 0 Å². The molecule has 1 aliphatic carbocycles. The van der Waals surface area contributed by atoms with Crippen LogP contribution in [0.2, 0.25) is 0 Å². The molecule has 2 rings (SSSR count). The van der Waals surface area contributed by atoms with Gasteiger partial charge in [-0.05, 0) is 11.1 Å². The van der Waals surface area contributed by atoms with Crippen molar-refractivity contribution in [2.75, 3.05) is 0 Å². The van der Waals surface area contributed by atoms with E-state index in [2.05, 4.69) is 0 Å². The van der Waals surface area contributed by atoms with Gasteiger partial charge in [-0.25, -0.2) is 9.59 Å². The van der Waals surface area contributed by atoms with E-state index in [1.807, 2.05) is 24.3 Å². The standard InChI is InChI=1S/C16H20O6/c1-3-15(17)21-19-13-9-11-7-5-6-8-12(11)10-14(13)20-22-16(18)4-2/h5-8,13-14H,3-4,9-10H2,1-2H3. The second kappa shape index (κ2) is 7.91. The minimum absolute atomic E-state index is 0.222. The summed E-state index contributed by atoms with van der Waals surface area (Å²) < 4.78 is 0. The zero-order valence-corrected chi connectivity index (χ0v) is 12.7. The molecule has 0 bridgehead atoms. The van der Waals surface area contributed by atoms with E-state index in [1.54, 1.807) is 13.8 Å². The molecule has 1 aliphatic rings. The highest BCUT2D eigenvalue weighted by atomic mass is 17.2. The molecule has 0 amide bonds. The van der Waals surface area contributed by atoms with Crippen LogP contribution in [0.3, 0.4) is 0 Å². The fraction of sp³-hybridized carbons (Fsp3) is 0.500. The van der Waals surface area contributed by atoms with Crippen LogP contribution in [0.4, 0.5) is 0 Å². The van der Waals surface area contributed by atoms with Gasteiger partial charge in [0, 0.05) is 25.7 Å². The van der Waals surface area contributed by atoms with Gasteiger partial charge < -0.3 is 0 Å². The van der Waals surface area contributed by atoms with Crippen LogP contribution in [0, 0.1) is 0 Å². The molecule has 0 aliphatic heterocycles. The molecule has 0 fully saturated rings. The highest BCUT2D eigenvalue weighted by molar-refractivity contribution is 5.68. The summed E-state index contributed by atoms with van der Waals surface area (Å²) in [4.78, 5) is 42.4. The number of carbonyl (C=O) groups excluding carboxylic acids is 2. The Bertz CT molecular complexity index is 480. The van der Waals surface area contributed by atoms with Crippen molar-refractivity contribution >= 4 is 11.9 Å². The summed E-state index contributed by atoms with van der Waals surface area (Å²) in [6.07, 6.45) is 0.438. The smallest absolute Gasteiger partial charge is 0.298 e. The molecule has 22 heavy (non-hydrogen) atoms. The molecule has 0 spiro atoms. The molecule has 6 heteroatoms. The molecule has 0 aromatic heterocycles. The van der Waals surface area contributed by atoms with Crippen molar-refractivity contribution in [1.29, 1.82) is 0 Å². The zero-order valence-electron chi connectivity index (χ0n) is 12.7. The van der Waals surface area contributed by atoms with Gasteiger partial charge in [0.15, 0.2) is 0 Å². The maximum absolute atomic E-state index is 11.2. The predicted molar refractivity (Wildman–Crippen MR) is 76.4 cm³/mol. The minimum Gasteiger partial charge on any atom is -0.298 e. The third kappa shape index (κ3) is 4.29. The van der Waals surface area contributed by atoms with E-state index < -0.39 is 24.1 Å². The average molecular weight is 308 g/mol. The Hall–Kier alpha value is -1.92. The average Bonchev–Trinajstić information content (AvgIpc) is 2.56. The van der Waals surface area contributed by atoms with Gasteiger partial charge >= 0.3 is 11.9 Å². The van der Waals surface area contributed by atoms with Gasteiger partial charge in [0.2, 0.25) is 0 Å².